The first-order valence-corrected chi connectivity index (χ1v) is 6.93. The summed E-state index contributed by atoms with van der Waals surface area (Å²) in [6.45, 7) is 3.52. The van der Waals surface area contributed by atoms with Crippen molar-refractivity contribution in [1.82, 2.24) is 0 Å². The molecule has 0 amide bonds. The molecule has 0 aliphatic rings. The van der Waals surface area contributed by atoms with Crippen LogP contribution < -0.4 is 0 Å². The number of benzene rings is 1. The summed E-state index contributed by atoms with van der Waals surface area (Å²) in [7, 11) is 0. The van der Waals surface area contributed by atoms with Crippen LogP contribution in [0.4, 0.5) is 13.2 Å². The van der Waals surface area contributed by atoms with E-state index in [1.165, 1.54) is 0 Å². The van der Waals surface area contributed by atoms with Gasteiger partial charge in [-0.05, 0) is 30.5 Å². The fourth-order valence-corrected chi connectivity index (χ4v) is 2.51. The largest absolute Gasteiger partial charge is 0.416 e. The molecule has 0 N–H and O–H groups in total. The molecule has 0 aromatic heterocycles. The molecule has 0 unspecified atom stereocenters. The second-order valence-corrected chi connectivity index (χ2v) is 5.54. The highest BCUT2D eigenvalue weighted by Crippen LogP contribution is 2.39. The molecule has 0 bridgehead atoms. The van der Waals surface area contributed by atoms with E-state index < -0.39 is 17.2 Å². The molecule has 0 heterocycles. The first-order chi connectivity index (χ1) is 10.2. The van der Waals surface area contributed by atoms with Crippen molar-refractivity contribution in [2.45, 2.75) is 25.4 Å². The van der Waals surface area contributed by atoms with Gasteiger partial charge in [0.1, 0.15) is 5.41 Å². The molecule has 0 radical (unpaired) electrons. The number of hydrogen-bond donors (Lipinski definition) is 0. The summed E-state index contributed by atoms with van der Waals surface area (Å²) in [5.41, 5.74) is -2.23. The van der Waals surface area contributed by atoms with Gasteiger partial charge in [-0.25, -0.2) is 0 Å². The summed E-state index contributed by atoms with van der Waals surface area (Å²) in [6.07, 6.45) is -2.56. The van der Waals surface area contributed by atoms with Crippen LogP contribution in [0.25, 0.3) is 0 Å². The fourth-order valence-electron chi connectivity index (χ4n) is 1.89. The van der Waals surface area contributed by atoms with E-state index >= 15 is 0 Å². The van der Waals surface area contributed by atoms with E-state index in [0.717, 1.165) is 12.1 Å². The van der Waals surface area contributed by atoms with Crippen LogP contribution in [0.15, 0.2) is 24.8 Å². The number of allylic oxidation sites excluding steroid dienone is 1. The maximum atomic E-state index is 12.7. The zero-order valence-electron chi connectivity index (χ0n) is 11.3. The molecule has 116 valence electrons. The zero-order chi connectivity index (χ0) is 17.0. The number of rotatable bonds is 5. The quantitative estimate of drug-likeness (QED) is 0.655. The Bertz CT molecular complexity index is 617. The summed E-state index contributed by atoms with van der Waals surface area (Å²) in [5, 5.41) is 18.1. The minimum atomic E-state index is -4.57. The Morgan fingerprint density at radius 3 is 2.00 bits per heavy atom. The predicted molar refractivity (Wildman–Crippen MR) is 78.3 cm³/mol. The van der Waals surface area contributed by atoms with Crippen molar-refractivity contribution in [2.24, 2.45) is 5.41 Å². The van der Waals surface area contributed by atoms with Crippen LogP contribution in [-0.2, 0) is 12.6 Å². The molecule has 1 rings (SSSR count). The van der Waals surface area contributed by atoms with E-state index in [1.54, 1.807) is 6.08 Å². The van der Waals surface area contributed by atoms with Gasteiger partial charge in [0.05, 0.1) is 17.7 Å². The molecule has 7 heteroatoms. The minimum Gasteiger partial charge on any atom is -0.197 e. The van der Waals surface area contributed by atoms with Crippen LogP contribution in [0.3, 0.4) is 0 Å². The average Bonchev–Trinajstić information content (AvgIpc) is 2.45. The van der Waals surface area contributed by atoms with E-state index in [4.69, 9.17) is 23.2 Å². The molecular weight excluding hydrogens is 336 g/mol. The van der Waals surface area contributed by atoms with Gasteiger partial charge in [0.25, 0.3) is 0 Å². The standard InChI is InChI=1S/C15H11Cl2F3N2/c1-2-3-4-14(8-21,9-22)7-11-12(16)5-10(6-13(11)17)15(18,19)20/h2,5-6H,1,3-4,7H2. The second kappa shape index (κ2) is 7.05. The van der Waals surface area contributed by atoms with Gasteiger partial charge in [-0.3, -0.25) is 0 Å². The first kappa shape index (κ1) is 18.4. The molecule has 0 spiro atoms. The van der Waals surface area contributed by atoms with Gasteiger partial charge in [-0.2, -0.15) is 23.7 Å². The van der Waals surface area contributed by atoms with E-state index in [9.17, 15) is 23.7 Å². The third-order valence-corrected chi connectivity index (χ3v) is 3.82. The highest BCUT2D eigenvalue weighted by molar-refractivity contribution is 6.36. The third kappa shape index (κ3) is 4.16. The topological polar surface area (TPSA) is 47.6 Å². The first-order valence-electron chi connectivity index (χ1n) is 6.17. The Labute approximate surface area is 136 Å². The van der Waals surface area contributed by atoms with E-state index in [2.05, 4.69) is 6.58 Å². The van der Waals surface area contributed by atoms with Crippen molar-refractivity contribution in [3.8, 4) is 12.1 Å². The molecule has 0 aliphatic carbocycles. The monoisotopic (exact) mass is 346 g/mol. The number of nitrogens with zero attached hydrogens (tertiary/aromatic N) is 2. The van der Waals surface area contributed by atoms with Crippen LogP contribution in [0.1, 0.15) is 24.0 Å². The van der Waals surface area contributed by atoms with Crippen molar-refractivity contribution in [3.05, 3.63) is 46.0 Å². The number of nitriles is 2. The lowest BCUT2D eigenvalue weighted by Gasteiger charge is -2.20. The number of hydrogen-bond acceptors (Lipinski definition) is 2. The van der Waals surface area contributed by atoms with Crippen LogP contribution in [0, 0.1) is 28.1 Å². The van der Waals surface area contributed by atoms with Crippen molar-refractivity contribution >= 4 is 23.2 Å². The van der Waals surface area contributed by atoms with E-state index in [0.29, 0.717) is 6.42 Å². The lowest BCUT2D eigenvalue weighted by Crippen LogP contribution is -2.20. The molecule has 0 aliphatic heterocycles. The van der Waals surface area contributed by atoms with Gasteiger partial charge in [-0.1, -0.05) is 29.3 Å². The SMILES string of the molecule is C=CCCC(C#N)(C#N)Cc1c(Cl)cc(C(F)(F)F)cc1Cl. The van der Waals surface area contributed by atoms with E-state index in [1.807, 2.05) is 12.1 Å². The van der Waals surface area contributed by atoms with Gasteiger partial charge < -0.3 is 0 Å². The lowest BCUT2D eigenvalue weighted by atomic mass is 9.80. The van der Waals surface area contributed by atoms with Crippen LogP contribution in [-0.4, -0.2) is 0 Å². The van der Waals surface area contributed by atoms with Gasteiger partial charge >= 0.3 is 6.18 Å². The summed E-state index contributed by atoms with van der Waals surface area (Å²) in [4.78, 5) is 0. The smallest absolute Gasteiger partial charge is 0.197 e. The van der Waals surface area contributed by atoms with Crippen molar-refractivity contribution in [1.29, 1.82) is 10.5 Å². The fraction of sp³-hybridized carbons (Fsp3) is 0.333. The molecule has 1 aromatic rings. The molecule has 0 saturated heterocycles. The third-order valence-electron chi connectivity index (χ3n) is 3.15. The Balaban J connectivity index is 3.26. The Kier molecular flexibility index (Phi) is 5.88. The van der Waals surface area contributed by atoms with Crippen LogP contribution in [0.2, 0.25) is 10.0 Å². The molecule has 0 saturated carbocycles. The van der Waals surface area contributed by atoms with Crippen LogP contribution >= 0.6 is 23.2 Å². The van der Waals surface area contributed by atoms with Gasteiger partial charge in [0.2, 0.25) is 0 Å². The van der Waals surface area contributed by atoms with Gasteiger partial charge in [-0.15, -0.1) is 6.58 Å². The number of alkyl halides is 3. The Morgan fingerprint density at radius 2 is 1.64 bits per heavy atom. The lowest BCUT2D eigenvalue weighted by molar-refractivity contribution is -0.137. The zero-order valence-corrected chi connectivity index (χ0v) is 12.9. The van der Waals surface area contributed by atoms with E-state index in [-0.39, 0.29) is 28.5 Å². The Morgan fingerprint density at radius 1 is 1.14 bits per heavy atom. The molecule has 22 heavy (non-hydrogen) atoms. The molecule has 1 aromatic carbocycles. The normalized spacial score (nSPS) is 11.6. The minimum absolute atomic E-state index is 0.149. The van der Waals surface area contributed by atoms with Crippen LogP contribution in [0.5, 0.6) is 0 Å². The van der Waals surface area contributed by atoms with Crippen molar-refractivity contribution < 1.29 is 13.2 Å². The predicted octanol–water partition coefficient (Wildman–Crippen LogP) is 5.55. The second-order valence-electron chi connectivity index (χ2n) is 4.73. The van der Waals surface area contributed by atoms with Crippen molar-refractivity contribution in [2.75, 3.05) is 0 Å². The molecular formula is C15H11Cl2F3N2. The summed E-state index contributed by atoms with van der Waals surface area (Å²) in [5.74, 6) is 0. The Hall–Kier alpha value is -1.69. The molecule has 2 nitrogen and oxygen atoms in total. The maximum Gasteiger partial charge on any atom is 0.416 e. The highest BCUT2D eigenvalue weighted by atomic mass is 35.5. The highest BCUT2D eigenvalue weighted by Gasteiger charge is 2.35. The summed E-state index contributed by atoms with van der Waals surface area (Å²) < 4.78 is 38.0. The average molecular weight is 347 g/mol. The van der Waals surface area contributed by atoms with Gasteiger partial charge in [0, 0.05) is 16.5 Å². The maximum absolute atomic E-state index is 12.7. The number of halogens is 5. The summed E-state index contributed by atoms with van der Waals surface area (Å²) in [6, 6.07) is 5.29. The summed E-state index contributed by atoms with van der Waals surface area (Å²) >= 11 is 11.7. The molecule has 0 atom stereocenters. The van der Waals surface area contributed by atoms with Gasteiger partial charge in [0.15, 0.2) is 0 Å². The van der Waals surface area contributed by atoms with Crippen molar-refractivity contribution in [3.63, 3.8) is 0 Å². The molecule has 0 fully saturated rings.